The number of fused-ring (bicyclic) bond motifs is 6. The third-order valence-electron chi connectivity index (χ3n) is 9.85. The molecule has 2 atom stereocenters. The Morgan fingerprint density at radius 3 is 2.11 bits per heavy atom. The minimum atomic E-state index is -0.337. The number of aromatic nitrogens is 1. The quantitative estimate of drug-likeness (QED) is 0.200. The average Bonchev–Trinajstić information content (AvgIpc) is 3.59. The largest absolute Gasteiger partial charge is 0.320 e. The van der Waals surface area contributed by atoms with Crippen molar-refractivity contribution in [2.24, 2.45) is 9.98 Å². The maximum atomic E-state index is 5.42. The van der Waals surface area contributed by atoms with Gasteiger partial charge in [0.1, 0.15) is 5.84 Å². The number of aryl methyl sites for hydroxylation is 2. The van der Waals surface area contributed by atoms with Crippen molar-refractivity contribution < 1.29 is 0 Å². The molecule has 9 rings (SSSR count). The van der Waals surface area contributed by atoms with E-state index in [4.69, 9.17) is 9.98 Å². The van der Waals surface area contributed by atoms with Gasteiger partial charge in [-0.2, -0.15) is 0 Å². The van der Waals surface area contributed by atoms with Crippen LogP contribution in [0.5, 0.6) is 0 Å². The minimum absolute atomic E-state index is 0.270. The second kappa shape index (κ2) is 10.7. The van der Waals surface area contributed by atoms with Crippen LogP contribution in [0.3, 0.4) is 0 Å². The van der Waals surface area contributed by atoms with E-state index >= 15 is 0 Å². The van der Waals surface area contributed by atoms with E-state index in [1.54, 1.807) is 0 Å². The first kappa shape index (κ1) is 27.6. The van der Waals surface area contributed by atoms with Gasteiger partial charge in [-0.3, -0.25) is 0 Å². The third-order valence-corrected chi connectivity index (χ3v) is 9.85. The van der Waals surface area contributed by atoms with Gasteiger partial charge in [0.05, 0.1) is 11.2 Å². The maximum Gasteiger partial charge on any atom is 0.206 e. The zero-order valence-corrected chi connectivity index (χ0v) is 26.8. The molecule has 0 fully saturated rings. The van der Waals surface area contributed by atoms with Crippen LogP contribution in [0.15, 0.2) is 143 Å². The summed E-state index contributed by atoms with van der Waals surface area (Å²) < 4.78 is 2.45. The number of benzene rings is 5. The Balaban J connectivity index is 1.29. The van der Waals surface area contributed by atoms with Crippen molar-refractivity contribution in [1.82, 2.24) is 9.47 Å². The number of nitrogens with zero attached hydrogens (tertiary/aromatic N) is 5. The van der Waals surface area contributed by atoms with Gasteiger partial charge < -0.3 is 14.4 Å². The second-order valence-corrected chi connectivity index (χ2v) is 12.9. The van der Waals surface area contributed by atoms with Gasteiger partial charge in [-0.05, 0) is 67.8 Å². The molecule has 0 spiro atoms. The molecule has 1 aromatic heterocycles. The SMILES string of the molecule is Cc1ccc2c(c1)C1Cc3c(n(C4N=C(c5ccccc5)N=C(c5ccccc5)N4C)c4ccc(C)cc34)C=C1N2c1ccccc1. The Labute approximate surface area is 275 Å². The van der Waals surface area contributed by atoms with Crippen LogP contribution in [0.4, 0.5) is 11.4 Å². The summed E-state index contributed by atoms with van der Waals surface area (Å²) in [6.07, 6.45) is 3.04. The van der Waals surface area contributed by atoms with E-state index in [2.05, 4.69) is 163 Å². The van der Waals surface area contributed by atoms with Crippen molar-refractivity contribution in [3.8, 4) is 0 Å². The van der Waals surface area contributed by atoms with Crippen LogP contribution >= 0.6 is 0 Å². The Hall–Kier alpha value is -5.68. The smallest absolute Gasteiger partial charge is 0.206 e. The molecule has 0 radical (unpaired) electrons. The minimum Gasteiger partial charge on any atom is -0.320 e. The Morgan fingerprint density at radius 2 is 1.36 bits per heavy atom. The highest BCUT2D eigenvalue weighted by Crippen LogP contribution is 2.53. The number of para-hydroxylation sites is 1. The summed E-state index contributed by atoms with van der Waals surface area (Å²) in [6, 6.07) is 45.4. The van der Waals surface area contributed by atoms with Crippen molar-refractivity contribution >= 4 is 40.0 Å². The third kappa shape index (κ3) is 4.38. The predicted octanol–water partition coefficient (Wildman–Crippen LogP) is 9.39. The summed E-state index contributed by atoms with van der Waals surface area (Å²) in [5, 5.41) is 1.30. The van der Waals surface area contributed by atoms with Crippen molar-refractivity contribution in [1.29, 1.82) is 0 Å². The van der Waals surface area contributed by atoms with Crippen LogP contribution in [0, 0.1) is 13.8 Å². The molecule has 5 aromatic carbocycles. The fourth-order valence-corrected chi connectivity index (χ4v) is 7.66. The van der Waals surface area contributed by atoms with Crippen molar-refractivity contribution in [3.63, 3.8) is 0 Å². The zero-order valence-electron chi connectivity index (χ0n) is 26.8. The molecule has 2 aliphatic heterocycles. The number of anilines is 2. The molecule has 0 N–H and O–H groups in total. The van der Waals surface area contributed by atoms with Crippen LogP contribution in [0.2, 0.25) is 0 Å². The highest BCUT2D eigenvalue weighted by Gasteiger charge is 2.40. The first-order valence-corrected chi connectivity index (χ1v) is 16.4. The van der Waals surface area contributed by atoms with E-state index in [1.807, 2.05) is 6.07 Å². The van der Waals surface area contributed by atoms with E-state index in [0.717, 1.165) is 29.2 Å². The highest BCUT2D eigenvalue weighted by atomic mass is 15.4. The number of amidine groups is 2. The molecule has 0 saturated carbocycles. The van der Waals surface area contributed by atoms with Crippen molar-refractivity contribution in [2.45, 2.75) is 32.5 Å². The highest BCUT2D eigenvalue weighted by molar-refractivity contribution is 6.12. The summed E-state index contributed by atoms with van der Waals surface area (Å²) in [7, 11) is 2.12. The van der Waals surface area contributed by atoms with Crippen molar-refractivity contribution in [2.75, 3.05) is 11.9 Å². The Bertz CT molecular complexity index is 2260. The Kier molecular flexibility index (Phi) is 6.29. The maximum absolute atomic E-state index is 5.42. The van der Waals surface area contributed by atoms with Gasteiger partial charge in [-0.1, -0.05) is 108 Å². The topological polar surface area (TPSA) is 36.1 Å². The lowest BCUT2D eigenvalue weighted by Crippen LogP contribution is -2.39. The Morgan fingerprint density at radius 1 is 0.702 bits per heavy atom. The summed E-state index contributed by atoms with van der Waals surface area (Å²) in [5.74, 6) is 1.92. The van der Waals surface area contributed by atoms with E-state index in [1.165, 1.54) is 55.9 Å². The summed E-state index contributed by atoms with van der Waals surface area (Å²) in [4.78, 5) is 15.3. The normalized spacial score (nSPS) is 18.3. The molecule has 6 aromatic rings. The van der Waals surface area contributed by atoms with Gasteiger partial charge in [-0.15, -0.1) is 0 Å². The van der Waals surface area contributed by atoms with E-state index < -0.39 is 0 Å². The number of rotatable bonds is 4. The van der Waals surface area contributed by atoms with Gasteiger partial charge >= 0.3 is 0 Å². The summed E-state index contributed by atoms with van der Waals surface area (Å²) in [6.45, 7) is 4.39. The number of hydrogen-bond donors (Lipinski definition) is 0. The molecule has 47 heavy (non-hydrogen) atoms. The van der Waals surface area contributed by atoms with Crippen LogP contribution in [-0.2, 0) is 6.42 Å². The number of hydrogen-bond acceptors (Lipinski definition) is 4. The average molecular weight is 610 g/mol. The van der Waals surface area contributed by atoms with Crippen LogP contribution in [0.1, 0.15) is 51.3 Å². The number of allylic oxidation sites excluding steroid dienone is 1. The molecular formula is C42H35N5. The molecule has 0 bridgehead atoms. The molecule has 0 amide bonds. The van der Waals surface area contributed by atoms with Gasteiger partial charge in [0, 0.05) is 46.6 Å². The standard InChI is InChI=1S/C42H35N5/c1-27-19-21-36-32(23-27)34-25-35-33-24-28(2)20-22-37(33)47(39(35)26-38(34)46(36)31-17-11-6-12-18-31)42-44-40(29-13-7-4-8-14-29)43-41(45(42)3)30-15-9-5-10-16-30/h4-24,26,34,42H,25H2,1-3H3. The lowest BCUT2D eigenvalue weighted by molar-refractivity contribution is 0.289. The fraction of sp³-hybridized carbons (Fsp3) is 0.143. The molecule has 2 unspecified atom stereocenters. The van der Waals surface area contributed by atoms with Crippen LogP contribution < -0.4 is 4.90 Å². The van der Waals surface area contributed by atoms with Gasteiger partial charge in [-0.25, -0.2) is 9.98 Å². The summed E-state index contributed by atoms with van der Waals surface area (Å²) in [5.41, 5.74) is 13.6. The van der Waals surface area contributed by atoms with E-state index in [0.29, 0.717) is 0 Å². The fourth-order valence-electron chi connectivity index (χ4n) is 7.66. The summed E-state index contributed by atoms with van der Waals surface area (Å²) >= 11 is 0. The molecule has 228 valence electrons. The predicted molar refractivity (Wildman–Crippen MR) is 194 cm³/mol. The van der Waals surface area contributed by atoms with Gasteiger partial charge in [0.15, 0.2) is 5.84 Å². The molecule has 1 aliphatic carbocycles. The first-order chi connectivity index (χ1) is 23.0. The van der Waals surface area contributed by atoms with Gasteiger partial charge in [0.25, 0.3) is 0 Å². The molecule has 3 heterocycles. The van der Waals surface area contributed by atoms with E-state index in [9.17, 15) is 0 Å². The van der Waals surface area contributed by atoms with Gasteiger partial charge in [0.2, 0.25) is 6.29 Å². The van der Waals surface area contributed by atoms with Crippen LogP contribution in [-0.4, -0.2) is 28.2 Å². The zero-order chi connectivity index (χ0) is 31.6. The first-order valence-electron chi connectivity index (χ1n) is 16.4. The molecular weight excluding hydrogens is 574 g/mol. The molecule has 5 nitrogen and oxygen atoms in total. The van der Waals surface area contributed by atoms with E-state index in [-0.39, 0.29) is 12.2 Å². The molecule has 0 saturated heterocycles. The monoisotopic (exact) mass is 609 g/mol. The van der Waals surface area contributed by atoms with Crippen LogP contribution in [0.25, 0.3) is 17.0 Å². The molecule has 5 heteroatoms. The lowest BCUT2D eigenvalue weighted by atomic mass is 9.85. The number of aliphatic imine (C=N–C) groups is 2. The van der Waals surface area contributed by atoms with Crippen molar-refractivity contribution in [3.05, 3.63) is 172 Å². The lowest BCUT2D eigenvalue weighted by Gasteiger charge is -2.35. The second-order valence-electron chi connectivity index (χ2n) is 12.9. The molecule has 3 aliphatic rings.